The lowest BCUT2D eigenvalue weighted by atomic mass is 10.4. The Labute approximate surface area is 64.2 Å². The molecule has 9 heavy (non-hydrogen) atoms. The average molecular weight is 161 g/mol. The summed E-state index contributed by atoms with van der Waals surface area (Å²) in [5, 5.41) is 1.21. The van der Waals surface area contributed by atoms with Gasteiger partial charge < -0.3 is 0 Å². The number of hydrogen-bond donors (Lipinski definition) is 0. The van der Waals surface area contributed by atoms with Gasteiger partial charge in [-0.05, 0) is 12.1 Å². The van der Waals surface area contributed by atoms with Gasteiger partial charge in [0.15, 0.2) is 0 Å². The van der Waals surface area contributed by atoms with E-state index in [9.17, 15) is 0 Å². The van der Waals surface area contributed by atoms with Crippen LogP contribution in [-0.4, -0.2) is 0 Å². The Bertz CT molecular complexity index is 167. The van der Waals surface area contributed by atoms with Crippen molar-refractivity contribution in [2.24, 2.45) is 0 Å². The zero-order valence-corrected chi connectivity index (χ0v) is 6.02. The van der Waals surface area contributed by atoms with Crippen LogP contribution in [0, 0.1) is 0 Å². The molecule has 0 bridgehead atoms. The highest BCUT2D eigenvalue weighted by atomic mass is 35.5. The molecule has 0 saturated carbocycles. The lowest BCUT2D eigenvalue weighted by molar-refractivity contribution is 1.71. The second kappa shape index (κ2) is 3.72. The number of hydrogen-bond acceptors (Lipinski definition) is 0. The fourth-order valence-corrected chi connectivity index (χ4v) is 0.711. The standard InChI is InChI=1S/C6H4Cl2.N/c7-5-3-1-2-4-6(5)8;/h1-4H;. The van der Waals surface area contributed by atoms with Gasteiger partial charge in [0.2, 0.25) is 0 Å². The molecule has 0 spiro atoms. The van der Waals surface area contributed by atoms with Gasteiger partial charge in [0.05, 0.1) is 10.0 Å². The van der Waals surface area contributed by atoms with Crippen LogP contribution in [0.4, 0.5) is 0 Å². The first-order valence-corrected chi connectivity index (χ1v) is 2.96. The largest absolute Gasteiger partial charge is 0.0827 e. The normalized spacial score (nSPS) is 8.22. The van der Waals surface area contributed by atoms with Gasteiger partial charge in [0, 0.05) is 6.15 Å². The van der Waals surface area contributed by atoms with E-state index in [0.717, 1.165) is 0 Å². The van der Waals surface area contributed by atoms with Gasteiger partial charge in [0.1, 0.15) is 0 Å². The van der Waals surface area contributed by atoms with Crippen molar-refractivity contribution in [2.45, 2.75) is 0 Å². The molecular weight excluding hydrogens is 157 g/mol. The Hall–Kier alpha value is -0.240. The van der Waals surface area contributed by atoms with E-state index >= 15 is 0 Å². The molecule has 0 aliphatic heterocycles. The number of nitrogens with zero attached hydrogens (tertiary/aromatic N) is 1. The molecule has 3 heteroatoms. The quantitative estimate of drug-likeness (QED) is 0.559. The fourth-order valence-electron chi connectivity index (χ4n) is 0.439. The van der Waals surface area contributed by atoms with Gasteiger partial charge in [-0.2, -0.15) is 0 Å². The zero-order chi connectivity index (χ0) is 5.98. The summed E-state index contributed by atoms with van der Waals surface area (Å²) in [5.74, 6) is 0. The lowest BCUT2D eigenvalue weighted by Crippen LogP contribution is -1.62. The van der Waals surface area contributed by atoms with Crippen LogP contribution in [0.3, 0.4) is 0 Å². The molecule has 0 fully saturated rings. The van der Waals surface area contributed by atoms with Gasteiger partial charge in [-0.3, -0.25) is 0 Å². The maximum Gasteiger partial charge on any atom is 0.0592 e. The second-order valence-corrected chi connectivity index (χ2v) is 2.23. The Morgan fingerprint density at radius 1 is 0.889 bits per heavy atom. The summed E-state index contributed by atoms with van der Waals surface area (Å²) in [4.78, 5) is 0. The lowest BCUT2D eigenvalue weighted by Gasteiger charge is -1.88. The van der Waals surface area contributed by atoms with Crippen LogP contribution < -0.4 is 6.15 Å². The summed E-state index contributed by atoms with van der Waals surface area (Å²) < 4.78 is 0. The van der Waals surface area contributed by atoms with E-state index < -0.39 is 0 Å². The molecule has 47 valence electrons. The van der Waals surface area contributed by atoms with Crippen LogP contribution in [0.5, 0.6) is 0 Å². The van der Waals surface area contributed by atoms with Crippen molar-refractivity contribution in [1.29, 1.82) is 0 Å². The molecule has 0 amide bonds. The Morgan fingerprint density at radius 2 is 1.22 bits per heavy atom. The number of benzene rings is 1. The third kappa shape index (κ3) is 2.22. The molecule has 0 aromatic heterocycles. The predicted octanol–water partition coefficient (Wildman–Crippen LogP) is 2.51. The Morgan fingerprint density at radius 3 is 1.44 bits per heavy atom. The predicted molar refractivity (Wildman–Crippen MR) is 38.6 cm³/mol. The third-order valence-electron chi connectivity index (χ3n) is 0.824. The average Bonchev–Trinajstić information content (AvgIpc) is 1.77. The third-order valence-corrected chi connectivity index (χ3v) is 1.58. The minimum absolute atomic E-state index is 0. The number of rotatable bonds is 0. The van der Waals surface area contributed by atoms with E-state index in [0.29, 0.717) is 10.0 Å². The molecule has 0 atom stereocenters. The van der Waals surface area contributed by atoms with Crippen molar-refractivity contribution in [3.8, 4) is 0 Å². The van der Waals surface area contributed by atoms with E-state index in [4.69, 9.17) is 23.2 Å². The molecule has 0 saturated heterocycles. The summed E-state index contributed by atoms with van der Waals surface area (Å²) in [6, 6.07) is 7.19. The van der Waals surface area contributed by atoms with Gasteiger partial charge in [0.25, 0.3) is 0 Å². The molecule has 1 nitrogen and oxygen atoms in total. The van der Waals surface area contributed by atoms with Crippen molar-refractivity contribution in [2.75, 3.05) is 0 Å². The van der Waals surface area contributed by atoms with Gasteiger partial charge in [-0.25, -0.2) is 0 Å². The van der Waals surface area contributed by atoms with Gasteiger partial charge in [-0.1, -0.05) is 35.3 Å². The molecule has 0 heterocycles. The van der Waals surface area contributed by atoms with Gasteiger partial charge in [-0.15, -0.1) is 0 Å². The minimum atomic E-state index is 0. The molecular formula is C6H4Cl2N. The molecule has 0 aliphatic carbocycles. The molecule has 0 unspecified atom stereocenters. The highest BCUT2D eigenvalue weighted by molar-refractivity contribution is 6.41. The zero-order valence-electron chi connectivity index (χ0n) is 4.51. The van der Waals surface area contributed by atoms with E-state index in [-0.39, 0.29) is 6.15 Å². The van der Waals surface area contributed by atoms with E-state index in [1.807, 2.05) is 12.1 Å². The van der Waals surface area contributed by atoms with E-state index in [1.165, 1.54) is 0 Å². The maximum absolute atomic E-state index is 5.58. The van der Waals surface area contributed by atoms with Crippen LogP contribution in [-0.2, 0) is 0 Å². The molecule has 3 radical (unpaired) electrons. The topological polar surface area (TPSA) is 30.5 Å². The van der Waals surface area contributed by atoms with Crippen LogP contribution in [0.1, 0.15) is 0 Å². The van der Waals surface area contributed by atoms with Gasteiger partial charge >= 0.3 is 0 Å². The van der Waals surface area contributed by atoms with E-state index in [1.54, 1.807) is 12.1 Å². The number of halogens is 2. The van der Waals surface area contributed by atoms with Crippen molar-refractivity contribution >= 4 is 23.2 Å². The first kappa shape index (κ1) is 8.76. The first-order valence-electron chi connectivity index (χ1n) is 2.21. The molecule has 1 aromatic rings. The van der Waals surface area contributed by atoms with Crippen molar-refractivity contribution in [3.63, 3.8) is 0 Å². The fraction of sp³-hybridized carbons (Fsp3) is 0. The summed E-state index contributed by atoms with van der Waals surface area (Å²) in [5.41, 5.74) is 0. The van der Waals surface area contributed by atoms with Crippen LogP contribution >= 0.6 is 23.2 Å². The molecule has 0 aliphatic rings. The molecule has 0 N–H and O–H groups in total. The van der Waals surface area contributed by atoms with E-state index in [2.05, 4.69) is 0 Å². The SMILES string of the molecule is Clc1ccccc1Cl.[N]. The summed E-state index contributed by atoms with van der Waals surface area (Å²) in [6.45, 7) is 0. The maximum atomic E-state index is 5.58. The van der Waals surface area contributed by atoms with Crippen molar-refractivity contribution in [1.82, 2.24) is 6.15 Å². The van der Waals surface area contributed by atoms with Crippen LogP contribution in [0.25, 0.3) is 0 Å². The van der Waals surface area contributed by atoms with Crippen molar-refractivity contribution in [3.05, 3.63) is 34.3 Å². The summed E-state index contributed by atoms with van der Waals surface area (Å²) >= 11 is 11.2. The Kier molecular flexibility index (Phi) is 3.62. The molecule has 1 rings (SSSR count). The highest BCUT2D eigenvalue weighted by Crippen LogP contribution is 2.19. The van der Waals surface area contributed by atoms with Crippen molar-refractivity contribution < 1.29 is 0 Å². The smallest absolute Gasteiger partial charge is 0.0592 e. The monoisotopic (exact) mass is 160 g/mol. The van der Waals surface area contributed by atoms with Crippen LogP contribution in [0.15, 0.2) is 24.3 Å². The Balaban J connectivity index is 0.000000640. The first-order chi connectivity index (χ1) is 3.80. The minimum Gasteiger partial charge on any atom is -0.0827 e. The summed E-state index contributed by atoms with van der Waals surface area (Å²) in [7, 11) is 0. The molecule has 1 aromatic carbocycles. The second-order valence-electron chi connectivity index (χ2n) is 1.41. The summed E-state index contributed by atoms with van der Waals surface area (Å²) in [6.07, 6.45) is 0. The van der Waals surface area contributed by atoms with Crippen LogP contribution in [0.2, 0.25) is 10.0 Å². The highest BCUT2D eigenvalue weighted by Gasteiger charge is 1.89.